The predicted octanol–water partition coefficient (Wildman–Crippen LogP) is 5.19. The molecule has 0 aliphatic carbocycles. The molecule has 0 spiro atoms. The summed E-state index contributed by atoms with van der Waals surface area (Å²) >= 11 is 0. The summed E-state index contributed by atoms with van der Waals surface area (Å²) < 4.78 is 0. The molecule has 2 saturated heterocycles. The Hall–Kier alpha value is -0.430. The molecule has 1 aromatic rings. The third kappa shape index (κ3) is 3.56. The fraction of sp³-hybridized carbons (Fsp3) is 0.667. The molecule has 2 aliphatic rings. The van der Waals surface area contributed by atoms with Crippen molar-refractivity contribution in [2.75, 3.05) is 5.75 Å². The van der Waals surface area contributed by atoms with Crippen LogP contribution in [0, 0.1) is 5.92 Å². The molecule has 0 nitrogen and oxygen atoms in total. The molecule has 2 heterocycles. The second kappa shape index (κ2) is 6.83. The SMILES string of the molecule is c1ccc([S+]2CCC3CCCCC2CCCC3)cc1. The molecule has 1 unspecified atom stereocenters. The van der Waals surface area contributed by atoms with Crippen LogP contribution in [0.2, 0.25) is 0 Å². The average molecular weight is 275 g/mol. The molecule has 0 amide bonds. The van der Waals surface area contributed by atoms with Gasteiger partial charge in [-0.25, -0.2) is 0 Å². The highest BCUT2D eigenvalue weighted by Gasteiger charge is 2.34. The van der Waals surface area contributed by atoms with E-state index >= 15 is 0 Å². The largest absolute Gasteiger partial charge is 0.155 e. The molecule has 0 aromatic heterocycles. The predicted molar refractivity (Wildman–Crippen MR) is 85.8 cm³/mol. The molecule has 2 aliphatic heterocycles. The van der Waals surface area contributed by atoms with Crippen LogP contribution < -0.4 is 0 Å². The first-order chi connectivity index (χ1) is 9.43. The topological polar surface area (TPSA) is 0 Å². The second-order valence-corrected chi connectivity index (χ2v) is 8.70. The summed E-state index contributed by atoms with van der Waals surface area (Å²) in [7, 11) is 0.534. The lowest BCUT2D eigenvalue weighted by Crippen LogP contribution is -2.24. The van der Waals surface area contributed by atoms with E-state index in [1.54, 1.807) is 4.90 Å². The average Bonchev–Trinajstić information content (AvgIpc) is 2.63. The fourth-order valence-electron chi connectivity index (χ4n) is 3.84. The van der Waals surface area contributed by atoms with Gasteiger partial charge in [-0.05, 0) is 50.2 Å². The lowest BCUT2D eigenvalue weighted by Gasteiger charge is -2.18. The molecule has 19 heavy (non-hydrogen) atoms. The highest BCUT2D eigenvalue weighted by atomic mass is 32.2. The Morgan fingerprint density at radius 1 is 0.737 bits per heavy atom. The molecule has 2 bridgehead atoms. The molecule has 1 aromatic carbocycles. The minimum atomic E-state index is 0.534. The number of fused-ring (bicyclic) bond motifs is 4. The third-order valence-electron chi connectivity index (χ3n) is 4.97. The zero-order chi connectivity index (χ0) is 12.9. The monoisotopic (exact) mass is 275 g/mol. The normalized spacial score (nSPS) is 32.7. The Kier molecular flexibility index (Phi) is 4.87. The summed E-state index contributed by atoms with van der Waals surface area (Å²) in [5.74, 6) is 2.51. The van der Waals surface area contributed by atoms with Crippen molar-refractivity contribution in [3.63, 3.8) is 0 Å². The minimum absolute atomic E-state index is 0.534. The van der Waals surface area contributed by atoms with E-state index in [2.05, 4.69) is 30.3 Å². The van der Waals surface area contributed by atoms with Crippen molar-refractivity contribution in [2.24, 2.45) is 5.92 Å². The Labute approximate surface area is 121 Å². The number of hydrogen-bond acceptors (Lipinski definition) is 0. The number of rotatable bonds is 1. The van der Waals surface area contributed by atoms with Gasteiger partial charge in [-0.1, -0.05) is 43.9 Å². The van der Waals surface area contributed by atoms with Crippen LogP contribution in [0.25, 0.3) is 0 Å². The van der Waals surface area contributed by atoms with Gasteiger partial charge in [0.15, 0.2) is 4.90 Å². The van der Waals surface area contributed by atoms with Crippen LogP contribution in [-0.4, -0.2) is 11.0 Å². The molecule has 104 valence electrons. The molecule has 1 heteroatoms. The first-order valence-electron chi connectivity index (χ1n) is 8.18. The Bertz CT molecular complexity index is 361. The lowest BCUT2D eigenvalue weighted by atomic mass is 9.91. The van der Waals surface area contributed by atoms with Crippen LogP contribution >= 0.6 is 0 Å². The Morgan fingerprint density at radius 3 is 2.05 bits per heavy atom. The van der Waals surface area contributed by atoms with Crippen LogP contribution in [0.15, 0.2) is 35.2 Å². The van der Waals surface area contributed by atoms with Gasteiger partial charge >= 0.3 is 0 Å². The van der Waals surface area contributed by atoms with E-state index in [0.717, 1.165) is 11.2 Å². The maximum absolute atomic E-state index is 2.39. The first-order valence-corrected chi connectivity index (χ1v) is 9.64. The maximum Gasteiger partial charge on any atom is 0.155 e. The summed E-state index contributed by atoms with van der Waals surface area (Å²) in [6.07, 6.45) is 13.5. The van der Waals surface area contributed by atoms with E-state index in [1.807, 2.05) is 0 Å². The van der Waals surface area contributed by atoms with Crippen LogP contribution in [0.1, 0.15) is 57.8 Å². The van der Waals surface area contributed by atoms with Crippen molar-refractivity contribution in [3.8, 4) is 0 Å². The number of hydrogen-bond donors (Lipinski definition) is 0. The van der Waals surface area contributed by atoms with Crippen LogP contribution in [-0.2, 0) is 10.9 Å². The van der Waals surface area contributed by atoms with Crippen LogP contribution in [0.4, 0.5) is 0 Å². The number of benzene rings is 1. The Morgan fingerprint density at radius 2 is 1.37 bits per heavy atom. The highest BCUT2D eigenvalue weighted by molar-refractivity contribution is 7.97. The van der Waals surface area contributed by atoms with Gasteiger partial charge in [0, 0.05) is 10.9 Å². The molecule has 2 fully saturated rings. The zero-order valence-corrected chi connectivity index (χ0v) is 12.8. The van der Waals surface area contributed by atoms with E-state index in [0.29, 0.717) is 10.9 Å². The zero-order valence-electron chi connectivity index (χ0n) is 12.0. The van der Waals surface area contributed by atoms with Gasteiger partial charge in [-0.15, -0.1) is 0 Å². The summed E-state index contributed by atoms with van der Waals surface area (Å²) in [4.78, 5) is 1.65. The van der Waals surface area contributed by atoms with Gasteiger partial charge in [0.05, 0.1) is 0 Å². The molecule has 0 radical (unpaired) electrons. The summed E-state index contributed by atoms with van der Waals surface area (Å²) in [5, 5.41) is 0.985. The highest BCUT2D eigenvalue weighted by Crippen LogP contribution is 2.34. The van der Waals surface area contributed by atoms with Gasteiger partial charge in [-0.3, -0.25) is 0 Å². The van der Waals surface area contributed by atoms with Crippen molar-refractivity contribution in [1.29, 1.82) is 0 Å². The molecule has 3 rings (SSSR count). The summed E-state index contributed by atoms with van der Waals surface area (Å²) in [6.45, 7) is 0. The van der Waals surface area contributed by atoms with E-state index in [-0.39, 0.29) is 0 Å². The van der Waals surface area contributed by atoms with E-state index in [4.69, 9.17) is 0 Å². The summed E-state index contributed by atoms with van der Waals surface area (Å²) in [6, 6.07) is 11.4. The van der Waals surface area contributed by atoms with Crippen LogP contribution in [0.3, 0.4) is 0 Å². The van der Waals surface area contributed by atoms with Gasteiger partial charge in [0.1, 0.15) is 11.0 Å². The molecular formula is C18H27S+. The van der Waals surface area contributed by atoms with E-state index in [9.17, 15) is 0 Å². The van der Waals surface area contributed by atoms with Crippen molar-refractivity contribution in [1.82, 2.24) is 0 Å². The molecule has 0 saturated carbocycles. The van der Waals surface area contributed by atoms with Crippen molar-refractivity contribution >= 4 is 10.9 Å². The van der Waals surface area contributed by atoms with E-state index in [1.165, 1.54) is 63.5 Å². The standard InChI is InChI=1S/C18H27S/c1-2-10-17(11-3-1)19-15-14-16-8-4-6-12-18(19)13-7-5-9-16/h1-3,10-11,16,18H,4-9,12-15H2/q+1. The smallest absolute Gasteiger partial charge is 0.0619 e. The minimum Gasteiger partial charge on any atom is -0.0619 e. The van der Waals surface area contributed by atoms with Gasteiger partial charge in [0.25, 0.3) is 0 Å². The Balaban J connectivity index is 1.84. The first kappa shape index (κ1) is 13.5. The van der Waals surface area contributed by atoms with Crippen LogP contribution in [0.5, 0.6) is 0 Å². The van der Waals surface area contributed by atoms with E-state index < -0.39 is 0 Å². The maximum atomic E-state index is 2.39. The van der Waals surface area contributed by atoms with Crippen molar-refractivity contribution in [3.05, 3.63) is 30.3 Å². The van der Waals surface area contributed by atoms with Crippen molar-refractivity contribution in [2.45, 2.75) is 67.9 Å². The quantitative estimate of drug-likeness (QED) is 0.619. The fourth-order valence-corrected chi connectivity index (χ4v) is 6.79. The molecule has 0 N–H and O–H groups in total. The second-order valence-electron chi connectivity index (χ2n) is 6.29. The lowest BCUT2D eigenvalue weighted by molar-refractivity contribution is 0.390. The summed E-state index contributed by atoms with van der Waals surface area (Å²) in [5.41, 5.74) is 0. The van der Waals surface area contributed by atoms with Gasteiger partial charge < -0.3 is 0 Å². The van der Waals surface area contributed by atoms with Gasteiger partial charge in [0.2, 0.25) is 0 Å². The molecular weight excluding hydrogens is 248 g/mol. The van der Waals surface area contributed by atoms with Crippen molar-refractivity contribution < 1.29 is 0 Å². The molecule has 1 atom stereocenters. The van der Waals surface area contributed by atoms with Gasteiger partial charge in [-0.2, -0.15) is 0 Å². The third-order valence-corrected chi connectivity index (χ3v) is 7.80.